The van der Waals surface area contributed by atoms with Crippen molar-refractivity contribution < 1.29 is 14.3 Å². The Morgan fingerprint density at radius 2 is 1.65 bits per heavy atom. The van der Waals surface area contributed by atoms with Crippen molar-refractivity contribution in [3.8, 4) is 5.75 Å². The molecule has 0 aliphatic rings. The van der Waals surface area contributed by atoms with Crippen LogP contribution in [0.1, 0.15) is 29.7 Å². The van der Waals surface area contributed by atoms with Gasteiger partial charge >= 0.3 is 11.8 Å². The maximum absolute atomic E-state index is 12.1. The molecule has 3 rings (SSSR count). The molecular formula is C24H22ClN3O3. The van der Waals surface area contributed by atoms with E-state index >= 15 is 0 Å². The number of carbonyl (C=O) groups is 2. The highest BCUT2D eigenvalue weighted by Crippen LogP contribution is 2.21. The summed E-state index contributed by atoms with van der Waals surface area (Å²) < 4.78 is 5.84. The van der Waals surface area contributed by atoms with Crippen molar-refractivity contribution in [1.82, 2.24) is 10.7 Å². The Morgan fingerprint density at radius 3 is 2.42 bits per heavy atom. The molecule has 3 aromatic rings. The summed E-state index contributed by atoms with van der Waals surface area (Å²) in [5, 5.41) is 7.14. The van der Waals surface area contributed by atoms with Crippen LogP contribution < -0.4 is 15.5 Å². The molecule has 0 radical (unpaired) electrons. The number of nitrogens with zero attached hydrogens (tertiary/aromatic N) is 1. The van der Waals surface area contributed by atoms with Crippen molar-refractivity contribution in [3.05, 3.63) is 101 Å². The van der Waals surface area contributed by atoms with Crippen molar-refractivity contribution in [2.24, 2.45) is 5.10 Å². The SMILES string of the molecule is C[C@@H](NC(=O)C(=O)N/N=C\c1ccccc1OCc1ccccc1Cl)c1ccccc1. The van der Waals surface area contributed by atoms with Crippen LogP contribution in [0.2, 0.25) is 5.02 Å². The van der Waals surface area contributed by atoms with E-state index in [1.54, 1.807) is 25.1 Å². The molecule has 6 nitrogen and oxygen atoms in total. The van der Waals surface area contributed by atoms with Crippen molar-refractivity contribution in [1.29, 1.82) is 0 Å². The Balaban J connectivity index is 1.56. The second-order valence-electron chi connectivity index (χ2n) is 6.72. The molecule has 0 fully saturated rings. The second-order valence-corrected chi connectivity index (χ2v) is 7.13. The number of carbonyl (C=O) groups excluding carboxylic acids is 2. The van der Waals surface area contributed by atoms with Crippen LogP contribution in [0.4, 0.5) is 0 Å². The third-order valence-corrected chi connectivity index (χ3v) is 4.85. The lowest BCUT2D eigenvalue weighted by molar-refractivity contribution is -0.139. The minimum atomic E-state index is -0.853. The van der Waals surface area contributed by atoms with Gasteiger partial charge in [-0.05, 0) is 30.7 Å². The minimum absolute atomic E-state index is 0.288. The quantitative estimate of drug-likeness (QED) is 0.331. The van der Waals surface area contributed by atoms with Crippen LogP contribution in [-0.2, 0) is 16.2 Å². The number of hydrazone groups is 1. The minimum Gasteiger partial charge on any atom is -0.488 e. The first-order valence-corrected chi connectivity index (χ1v) is 10.1. The summed E-state index contributed by atoms with van der Waals surface area (Å²) in [4.78, 5) is 24.1. The van der Waals surface area contributed by atoms with Gasteiger partial charge in [-0.3, -0.25) is 9.59 Å². The van der Waals surface area contributed by atoms with E-state index in [9.17, 15) is 9.59 Å². The Hall–Kier alpha value is -3.64. The molecule has 1 atom stereocenters. The van der Waals surface area contributed by atoms with Crippen molar-refractivity contribution in [2.45, 2.75) is 19.6 Å². The molecule has 0 aliphatic heterocycles. The van der Waals surface area contributed by atoms with E-state index in [2.05, 4.69) is 15.8 Å². The summed E-state index contributed by atoms with van der Waals surface area (Å²) in [6.07, 6.45) is 1.42. The molecule has 0 spiro atoms. The van der Waals surface area contributed by atoms with E-state index < -0.39 is 11.8 Å². The number of ether oxygens (including phenoxy) is 1. The highest BCUT2D eigenvalue weighted by Gasteiger charge is 2.16. The Morgan fingerprint density at radius 1 is 0.968 bits per heavy atom. The van der Waals surface area contributed by atoms with Gasteiger partial charge in [-0.25, -0.2) is 5.43 Å². The fourth-order valence-corrected chi connectivity index (χ4v) is 2.98. The summed E-state index contributed by atoms with van der Waals surface area (Å²) in [5.74, 6) is -1.05. The highest BCUT2D eigenvalue weighted by molar-refractivity contribution is 6.35. The van der Waals surface area contributed by atoms with E-state index in [0.29, 0.717) is 16.3 Å². The van der Waals surface area contributed by atoms with Crippen molar-refractivity contribution in [2.75, 3.05) is 0 Å². The van der Waals surface area contributed by atoms with Gasteiger partial charge in [0.05, 0.1) is 12.3 Å². The lowest BCUT2D eigenvalue weighted by Gasteiger charge is -2.13. The largest absolute Gasteiger partial charge is 0.488 e. The summed E-state index contributed by atoms with van der Waals surface area (Å²) in [6.45, 7) is 2.09. The first-order chi connectivity index (χ1) is 15.0. The van der Waals surface area contributed by atoms with E-state index in [0.717, 1.165) is 11.1 Å². The highest BCUT2D eigenvalue weighted by atomic mass is 35.5. The lowest BCUT2D eigenvalue weighted by atomic mass is 10.1. The molecule has 0 heterocycles. The van der Waals surface area contributed by atoms with Crippen LogP contribution in [0.3, 0.4) is 0 Å². The fourth-order valence-electron chi connectivity index (χ4n) is 2.79. The lowest BCUT2D eigenvalue weighted by Crippen LogP contribution is -2.39. The number of benzene rings is 3. The number of hydrogen-bond acceptors (Lipinski definition) is 4. The topological polar surface area (TPSA) is 79.8 Å². The molecule has 0 saturated carbocycles. The molecule has 158 valence electrons. The molecular weight excluding hydrogens is 414 g/mol. The van der Waals surface area contributed by atoms with Crippen LogP contribution >= 0.6 is 11.6 Å². The number of hydrogen-bond donors (Lipinski definition) is 2. The normalized spacial score (nSPS) is 11.7. The standard InChI is InChI=1S/C24H22ClN3O3/c1-17(18-9-3-2-4-10-18)27-23(29)24(30)28-26-15-19-11-6-8-14-22(19)31-16-20-12-5-7-13-21(20)25/h2-15,17H,16H2,1H3,(H,27,29)(H,28,30)/b26-15-/t17-/m1/s1. The molecule has 0 bridgehead atoms. The van der Waals surface area contributed by atoms with Crippen LogP contribution in [0, 0.1) is 0 Å². The van der Waals surface area contributed by atoms with E-state index in [1.807, 2.05) is 60.7 Å². The van der Waals surface area contributed by atoms with Crippen LogP contribution in [-0.4, -0.2) is 18.0 Å². The van der Waals surface area contributed by atoms with Crippen LogP contribution in [0.25, 0.3) is 0 Å². The maximum atomic E-state index is 12.1. The predicted octanol–water partition coefficient (Wildman–Crippen LogP) is 4.25. The van der Waals surface area contributed by atoms with E-state index in [1.165, 1.54) is 6.21 Å². The summed E-state index contributed by atoms with van der Waals surface area (Å²) in [6, 6.07) is 23.7. The Kier molecular flexibility index (Phi) is 7.79. The molecule has 0 saturated heterocycles. The number of para-hydroxylation sites is 1. The first kappa shape index (κ1) is 22.1. The van der Waals surface area contributed by atoms with Crippen LogP contribution in [0.15, 0.2) is 84.0 Å². The third-order valence-electron chi connectivity index (χ3n) is 4.48. The number of amides is 2. The third kappa shape index (κ3) is 6.42. The van der Waals surface area contributed by atoms with Crippen molar-refractivity contribution in [3.63, 3.8) is 0 Å². The molecule has 0 unspecified atom stereocenters. The zero-order chi connectivity index (χ0) is 22.1. The predicted molar refractivity (Wildman–Crippen MR) is 121 cm³/mol. The monoisotopic (exact) mass is 435 g/mol. The average Bonchev–Trinajstić information content (AvgIpc) is 2.79. The van der Waals surface area contributed by atoms with Gasteiger partial charge in [0, 0.05) is 16.1 Å². The van der Waals surface area contributed by atoms with Gasteiger partial charge < -0.3 is 10.1 Å². The molecule has 0 aromatic heterocycles. The molecule has 3 aromatic carbocycles. The van der Waals surface area contributed by atoms with Crippen LogP contribution in [0.5, 0.6) is 5.75 Å². The van der Waals surface area contributed by atoms with Gasteiger partial charge in [-0.15, -0.1) is 0 Å². The average molecular weight is 436 g/mol. The molecule has 7 heteroatoms. The summed E-state index contributed by atoms with van der Waals surface area (Å²) in [7, 11) is 0. The summed E-state index contributed by atoms with van der Waals surface area (Å²) in [5.41, 5.74) is 4.64. The molecule has 31 heavy (non-hydrogen) atoms. The zero-order valence-electron chi connectivity index (χ0n) is 16.9. The van der Waals surface area contributed by atoms with Gasteiger partial charge in [-0.1, -0.05) is 72.3 Å². The first-order valence-electron chi connectivity index (χ1n) is 9.68. The van der Waals surface area contributed by atoms with Crippen molar-refractivity contribution >= 4 is 29.6 Å². The van der Waals surface area contributed by atoms with Gasteiger partial charge in [0.15, 0.2) is 0 Å². The second kappa shape index (κ2) is 10.9. The maximum Gasteiger partial charge on any atom is 0.329 e. The number of rotatable bonds is 7. The number of nitrogens with one attached hydrogen (secondary N) is 2. The molecule has 2 N–H and O–H groups in total. The van der Waals surface area contributed by atoms with E-state index in [-0.39, 0.29) is 12.6 Å². The molecule has 2 amide bonds. The van der Waals surface area contributed by atoms with Gasteiger partial charge in [-0.2, -0.15) is 5.10 Å². The van der Waals surface area contributed by atoms with Gasteiger partial charge in [0.25, 0.3) is 0 Å². The Bertz CT molecular complexity index is 1070. The Labute approximate surface area is 185 Å². The van der Waals surface area contributed by atoms with Gasteiger partial charge in [0.1, 0.15) is 12.4 Å². The van der Waals surface area contributed by atoms with Gasteiger partial charge in [0.2, 0.25) is 0 Å². The fraction of sp³-hybridized carbons (Fsp3) is 0.125. The molecule has 0 aliphatic carbocycles. The number of halogens is 1. The smallest absolute Gasteiger partial charge is 0.329 e. The van der Waals surface area contributed by atoms with E-state index in [4.69, 9.17) is 16.3 Å². The zero-order valence-corrected chi connectivity index (χ0v) is 17.7. The summed E-state index contributed by atoms with van der Waals surface area (Å²) >= 11 is 6.16.